The van der Waals surface area contributed by atoms with Crippen LogP contribution in [0.25, 0.3) is 0 Å². The number of ether oxygens (including phenoxy) is 1. The van der Waals surface area contributed by atoms with Crippen molar-refractivity contribution in [2.24, 2.45) is 0 Å². The molecule has 1 aromatic rings. The number of hydrogen-bond donors (Lipinski definition) is 1. The molecule has 2 rings (SSSR count). The second kappa shape index (κ2) is 8.59. The third-order valence-electron chi connectivity index (χ3n) is 3.62. The first-order valence-electron chi connectivity index (χ1n) is 7.56. The van der Waals surface area contributed by atoms with Gasteiger partial charge in [0.1, 0.15) is 12.4 Å². The van der Waals surface area contributed by atoms with Gasteiger partial charge in [0.2, 0.25) is 0 Å². The summed E-state index contributed by atoms with van der Waals surface area (Å²) in [7, 11) is 0. The Hall–Kier alpha value is -1.66. The van der Waals surface area contributed by atoms with Gasteiger partial charge < -0.3 is 15.0 Å². The van der Waals surface area contributed by atoms with Gasteiger partial charge in [-0.15, -0.1) is 0 Å². The molecule has 0 radical (unpaired) electrons. The van der Waals surface area contributed by atoms with Crippen LogP contribution in [-0.4, -0.2) is 49.2 Å². The van der Waals surface area contributed by atoms with Crippen LogP contribution in [0, 0.1) is 10.1 Å². The first kappa shape index (κ1) is 15.7. The molecule has 0 saturated carbocycles. The quantitative estimate of drug-likeness (QED) is 0.429. The van der Waals surface area contributed by atoms with Gasteiger partial charge in [-0.3, -0.25) is 10.1 Å². The van der Waals surface area contributed by atoms with Gasteiger partial charge >= 0.3 is 0 Å². The molecule has 1 aliphatic heterocycles. The van der Waals surface area contributed by atoms with E-state index in [0.717, 1.165) is 19.5 Å². The van der Waals surface area contributed by atoms with Crippen molar-refractivity contribution in [2.75, 3.05) is 39.3 Å². The lowest BCUT2D eigenvalue weighted by Gasteiger charge is -2.14. The topological polar surface area (TPSA) is 67.6 Å². The van der Waals surface area contributed by atoms with Crippen LogP contribution in [0.3, 0.4) is 0 Å². The van der Waals surface area contributed by atoms with E-state index in [-0.39, 0.29) is 5.69 Å². The van der Waals surface area contributed by atoms with E-state index in [1.54, 1.807) is 12.1 Å². The van der Waals surface area contributed by atoms with Gasteiger partial charge in [0.25, 0.3) is 5.69 Å². The molecule has 0 bridgehead atoms. The fourth-order valence-corrected chi connectivity index (χ4v) is 2.46. The minimum atomic E-state index is -0.411. The summed E-state index contributed by atoms with van der Waals surface area (Å²) >= 11 is 0. The average Bonchev–Trinajstić information content (AvgIpc) is 3.00. The van der Waals surface area contributed by atoms with Gasteiger partial charge in [-0.1, -0.05) is 0 Å². The van der Waals surface area contributed by atoms with Crippen molar-refractivity contribution in [3.05, 3.63) is 34.4 Å². The average molecular weight is 293 g/mol. The molecule has 0 unspecified atom stereocenters. The van der Waals surface area contributed by atoms with Crippen molar-refractivity contribution < 1.29 is 9.66 Å². The molecule has 1 aliphatic rings. The Morgan fingerprint density at radius 1 is 1.19 bits per heavy atom. The minimum Gasteiger partial charge on any atom is -0.492 e. The van der Waals surface area contributed by atoms with Gasteiger partial charge in [-0.25, -0.2) is 0 Å². The summed E-state index contributed by atoms with van der Waals surface area (Å²) in [6.07, 6.45) is 3.85. The van der Waals surface area contributed by atoms with Crippen molar-refractivity contribution in [1.29, 1.82) is 0 Å². The number of rotatable bonds is 9. The largest absolute Gasteiger partial charge is 0.492 e. The van der Waals surface area contributed by atoms with Crippen molar-refractivity contribution in [3.8, 4) is 5.75 Å². The summed E-state index contributed by atoms with van der Waals surface area (Å²) in [5.41, 5.74) is 0.0855. The van der Waals surface area contributed by atoms with Crippen LogP contribution in [-0.2, 0) is 0 Å². The number of hydrogen-bond acceptors (Lipinski definition) is 5. The fraction of sp³-hybridized carbons (Fsp3) is 0.600. The minimum absolute atomic E-state index is 0.0855. The summed E-state index contributed by atoms with van der Waals surface area (Å²) in [6, 6.07) is 6.18. The summed E-state index contributed by atoms with van der Waals surface area (Å²) < 4.78 is 5.53. The Morgan fingerprint density at radius 2 is 1.90 bits per heavy atom. The molecule has 21 heavy (non-hydrogen) atoms. The lowest BCUT2D eigenvalue weighted by molar-refractivity contribution is -0.384. The smallest absolute Gasteiger partial charge is 0.269 e. The number of nitrogens with one attached hydrogen (secondary N) is 1. The molecule has 0 atom stereocenters. The zero-order chi connectivity index (χ0) is 14.9. The molecule has 1 aromatic carbocycles. The Labute approximate surface area is 125 Å². The maximum atomic E-state index is 10.5. The van der Waals surface area contributed by atoms with E-state index in [0.29, 0.717) is 12.4 Å². The second-order valence-corrected chi connectivity index (χ2v) is 5.25. The summed E-state index contributed by atoms with van der Waals surface area (Å²) in [5.74, 6) is 0.666. The highest BCUT2D eigenvalue weighted by Gasteiger charge is 2.09. The molecule has 1 heterocycles. The zero-order valence-corrected chi connectivity index (χ0v) is 12.3. The highest BCUT2D eigenvalue weighted by atomic mass is 16.6. The zero-order valence-electron chi connectivity index (χ0n) is 12.3. The Bertz CT molecular complexity index is 430. The summed E-state index contributed by atoms with van der Waals surface area (Å²) in [6.45, 7) is 6.04. The summed E-state index contributed by atoms with van der Waals surface area (Å²) in [5, 5.41) is 13.9. The van der Waals surface area contributed by atoms with Crippen LogP contribution in [0.2, 0.25) is 0 Å². The molecule has 6 nitrogen and oxygen atoms in total. The first-order chi connectivity index (χ1) is 10.3. The van der Waals surface area contributed by atoms with E-state index in [1.807, 2.05) is 0 Å². The van der Waals surface area contributed by atoms with Crippen LogP contribution in [0.1, 0.15) is 19.3 Å². The number of nitro groups is 1. The SMILES string of the molecule is O=[N+]([O-])c1ccc(OCCNCCCN2CCCC2)cc1. The number of nitro benzene ring substituents is 1. The van der Waals surface area contributed by atoms with Crippen LogP contribution < -0.4 is 10.1 Å². The molecule has 1 fully saturated rings. The van der Waals surface area contributed by atoms with Crippen molar-refractivity contribution in [1.82, 2.24) is 10.2 Å². The fourth-order valence-electron chi connectivity index (χ4n) is 2.46. The molecule has 1 saturated heterocycles. The van der Waals surface area contributed by atoms with Crippen LogP contribution in [0.4, 0.5) is 5.69 Å². The molecular formula is C15H23N3O3. The lowest BCUT2D eigenvalue weighted by Crippen LogP contribution is -2.27. The Morgan fingerprint density at radius 3 is 2.57 bits per heavy atom. The van der Waals surface area contributed by atoms with E-state index in [9.17, 15) is 10.1 Å². The van der Waals surface area contributed by atoms with E-state index >= 15 is 0 Å². The highest BCUT2D eigenvalue weighted by Crippen LogP contribution is 2.16. The van der Waals surface area contributed by atoms with Gasteiger partial charge in [0.05, 0.1) is 4.92 Å². The monoisotopic (exact) mass is 293 g/mol. The molecule has 0 aromatic heterocycles. The lowest BCUT2D eigenvalue weighted by atomic mass is 10.3. The van der Waals surface area contributed by atoms with Crippen molar-refractivity contribution >= 4 is 5.69 Å². The molecule has 6 heteroatoms. The predicted octanol–water partition coefficient (Wildman–Crippen LogP) is 2.05. The van der Waals surface area contributed by atoms with E-state index in [4.69, 9.17) is 4.74 Å². The molecular weight excluding hydrogens is 270 g/mol. The number of likely N-dealkylation sites (tertiary alicyclic amines) is 1. The van der Waals surface area contributed by atoms with Gasteiger partial charge in [0.15, 0.2) is 0 Å². The maximum Gasteiger partial charge on any atom is 0.269 e. The first-order valence-corrected chi connectivity index (χ1v) is 7.56. The summed E-state index contributed by atoms with van der Waals surface area (Å²) in [4.78, 5) is 12.6. The van der Waals surface area contributed by atoms with E-state index < -0.39 is 4.92 Å². The molecule has 116 valence electrons. The van der Waals surface area contributed by atoms with Gasteiger partial charge in [-0.05, 0) is 57.6 Å². The molecule has 1 N–H and O–H groups in total. The predicted molar refractivity (Wildman–Crippen MR) is 81.8 cm³/mol. The van der Waals surface area contributed by atoms with Crippen LogP contribution in [0.5, 0.6) is 5.75 Å². The van der Waals surface area contributed by atoms with E-state index in [1.165, 1.54) is 44.6 Å². The standard InChI is InChI=1S/C15H23N3O3/c19-18(20)14-4-6-15(7-5-14)21-13-9-16-8-3-12-17-10-1-2-11-17/h4-7,16H,1-3,8-13H2. The molecule has 0 amide bonds. The molecule has 0 spiro atoms. The normalized spacial score (nSPS) is 15.2. The third kappa shape index (κ3) is 5.69. The number of benzene rings is 1. The Balaban J connectivity index is 1.50. The number of nitrogens with zero attached hydrogens (tertiary/aromatic N) is 2. The third-order valence-corrected chi connectivity index (χ3v) is 3.62. The number of non-ortho nitro benzene ring substituents is 1. The van der Waals surface area contributed by atoms with Crippen LogP contribution >= 0.6 is 0 Å². The van der Waals surface area contributed by atoms with E-state index in [2.05, 4.69) is 10.2 Å². The second-order valence-electron chi connectivity index (χ2n) is 5.25. The van der Waals surface area contributed by atoms with Gasteiger partial charge in [-0.2, -0.15) is 0 Å². The van der Waals surface area contributed by atoms with Gasteiger partial charge in [0, 0.05) is 18.7 Å². The Kier molecular flexibility index (Phi) is 6.43. The molecule has 0 aliphatic carbocycles. The van der Waals surface area contributed by atoms with Crippen molar-refractivity contribution in [2.45, 2.75) is 19.3 Å². The van der Waals surface area contributed by atoms with Crippen molar-refractivity contribution in [3.63, 3.8) is 0 Å². The van der Waals surface area contributed by atoms with Crippen LogP contribution in [0.15, 0.2) is 24.3 Å². The maximum absolute atomic E-state index is 10.5. The highest BCUT2D eigenvalue weighted by molar-refractivity contribution is 5.35.